The van der Waals surface area contributed by atoms with E-state index in [9.17, 15) is 19.8 Å². The molecule has 4 unspecified atom stereocenters. The largest absolute Gasteiger partial charge is 0.481 e. The summed E-state index contributed by atoms with van der Waals surface area (Å²) in [5.41, 5.74) is 0. The number of nitrogens with zero attached hydrogens (tertiary/aromatic N) is 1. The number of carbonyl (C=O) groups excluding carboxylic acids is 1. The molecule has 0 aromatic carbocycles. The highest BCUT2D eigenvalue weighted by Gasteiger charge is 2.32. The fraction of sp³-hybridized carbons (Fsp3) is 0.800. The van der Waals surface area contributed by atoms with Gasteiger partial charge >= 0.3 is 5.97 Å². The Bertz CT molecular complexity index is 463. The van der Waals surface area contributed by atoms with Crippen molar-refractivity contribution in [3.05, 3.63) is 12.2 Å². The summed E-state index contributed by atoms with van der Waals surface area (Å²) in [7, 11) is 3.41. The zero-order valence-corrected chi connectivity index (χ0v) is 16.1. The van der Waals surface area contributed by atoms with Crippen LogP contribution in [0.5, 0.6) is 0 Å². The average Bonchev–Trinajstić information content (AvgIpc) is 2.93. The van der Waals surface area contributed by atoms with Gasteiger partial charge in [0.15, 0.2) is 0 Å². The summed E-state index contributed by atoms with van der Waals surface area (Å²) in [6.07, 6.45) is 10.1. The molecule has 0 heterocycles. The van der Waals surface area contributed by atoms with Crippen molar-refractivity contribution >= 4 is 11.9 Å². The maximum Gasteiger partial charge on any atom is 0.303 e. The molecule has 0 bridgehead atoms. The van der Waals surface area contributed by atoms with Gasteiger partial charge in [-0.15, -0.1) is 0 Å². The molecule has 0 aromatic heterocycles. The van der Waals surface area contributed by atoms with E-state index in [4.69, 9.17) is 5.11 Å². The third kappa shape index (κ3) is 8.81. The third-order valence-electron chi connectivity index (χ3n) is 5.25. The number of aliphatic hydroxyl groups is 2. The van der Waals surface area contributed by atoms with E-state index in [0.29, 0.717) is 19.3 Å². The quantitative estimate of drug-likeness (QED) is 0.363. The van der Waals surface area contributed by atoms with Crippen molar-refractivity contribution in [3.8, 4) is 0 Å². The van der Waals surface area contributed by atoms with Crippen molar-refractivity contribution < 1.29 is 24.9 Å². The van der Waals surface area contributed by atoms with Gasteiger partial charge < -0.3 is 20.2 Å². The van der Waals surface area contributed by atoms with Crippen LogP contribution in [-0.4, -0.2) is 58.4 Å². The predicted molar refractivity (Wildman–Crippen MR) is 101 cm³/mol. The minimum absolute atomic E-state index is 0.00881. The minimum atomic E-state index is -0.743. The molecule has 3 N–H and O–H groups in total. The molecule has 0 aromatic rings. The maximum absolute atomic E-state index is 11.6. The van der Waals surface area contributed by atoms with Gasteiger partial charge in [-0.3, -0.25) is 9.59 Å². The molecule has 26 heavy (non-hydrogen) atoms. The van der Waals surface area contributed by atoms with E-state index in [1.165, 1.54) is 4.90 Å². The number of carbonyl (C=O) groups is 2. The third-order valence-corrected chi connectivity index (χ3v) is 5.25. The number of carboxylic acid groups (broad SMARTS) is 1. The molecule has 6 nitrogen and oxygen atoms in total. The fourth-order valence-corrected chi connectivity index (χ4v) is 3.59. The summed E-state index contributed by atoms with van der Waals surface area (Å²) in [6.45, 7) is 0. The zero-order chi connectivity index (χ0) is 19.5. The topological polar surface area (TPSA) is 98.1 Å². The van der Waals surface area contributed by atoms with Crippen LogP contribution in [0.3, 0.4) is 0 Å². The van der Waals surface area contributed by atoms with E-state index >= 15 is 0 Å². The van der Waals surface area contributed by atoms with Gasteiger partial charge in [0, 0.05) is 26.9 Å². The smallest absolute Gasteiger partial charge is 0.303 e. The Morgan fingerprint density at radius 2 is 1.81 bits per heavy atom. The van der Waals surface area contributed by atoms with Gasteiger partial charge in [0.2, 0.25) is 5.91 Å². The van der Waals surface area contributed by atoms with Crippen LogP contribution in [0.4, 0.5) is 0 Å². The number of carboxylic acids is 1. The lowest BCUT2D eigenvalue weighted by Gasteiger charge is -2.20. The number of hydrogen-bond donors (Lipinski definition) is 3. The normalized spacial score (nSPS) is 24.1. The van der Waals surface area contributed by atoms with Crippen LogP contribution in [0, 0.1) is 11.8 Å². The number of rotatable bonds is 12. The summed E-state index contributed by atoms with van der Waals surface area (Å²) < 4.78 is 0. The second-order valence-electron chi connectivity index (χ2n) is 7.60. The van der Waals surface area contributed by atoms with Crippen LogP contribution in [0.15, 0.2) is 12.2 Å². The molecule has 0 aliphatic heterocycles. The SMILES string of the molecule is CN(C)C(=O)CCC(O)C=CC1CCC(O)C1CCCCCCC(=O)O. The highest BCUT2D eigenvalue weighted by molar-refractivity contribution is 5.75. The van der Waals surface area contributed by atoms with Crippen LogP contribution < -0.4 is 0 Å². The van der Waals surface area contributed by atoms with Gasteiger partial charge in [0.1, 0.15) is 0 Å². The van der Waals surface area contributed by atoms with Crippen LogP contribution in [0.1, 0.15) is 64.2 Å². The molecule has 0 saturated heterocycles. The molecule has 1 rings (SSSR count). The first-order valence-corrected chi connectivity index (χ1v) is 9.77. The Kier molecular flexibility index (Phi) is 10.5. The predicted octanol–water partition coefficient (Wildman–Crippen LogP) is 2.58. The summed E-state index contributed by atoms with van der Waals surface area (Å²) in [5, 5.41) is 28.9. The van der Waals surface area contributed by atoms with Crippen LogP contribution in [0.25, 0.3) is 0 Å². The van der Waals surface area contributed by atoms with Crippen molar-refractivity contribution in [1.82, 2.24) is 4.90 Å². The van der Waals surface area contributed by atoms with Crippen molar-refractivity contribution in [2.75, 3.05) is 14.1 Å². The van der Waals surface area contributed by atoms with Gasteiger partial charge in [-0.1, -0.05) is 31.4 Å². The summed E-state index contributed by atoms with van der Waals surface area (Å²) in [4.78, 5) is 23.6. The number of amides is 1. The molecule has 1 amide bonds. The molecule has 1 aliphatic rings. The Labute approximate surface area is 156 Å². The molecule has 0 radical (unpaired) electrons. The van der Waals surface area contributed by atoms with E-state index in [0.717, 1.165) is 38.5 Å². The Morgan fingerprint density at radius 3 is 2.46 bits per heavy atom. The van der Waals surface area contributed by atoms with E-state index < -0.39 is 12.1 Å². The first kappa shape index (κ1) is 22.6. The summed E-state index contributed by atoms with van der Waals surface area (Å²) in [6, 6.07) is 0. The second kappa shape index (κ2) is 12.1. The van der Waals surface area contributed by atoms with Gasteiger partial charge in [-0.2, -0.15) is 0 Å². The number of unbranched alkanes of at least 4 members (excludes halogenated alkanes) is 3. The summed E-state index contributed by atoms with van der Waals surface area (Å²) in [5.74, 6) is -0.258. The molecular weight excluding hydrogens is 334 g/mol. The zero-order valence-electron chi connectivity index (χ0n) is 16.1. The van der Waals surface area contributed by atoms with E-state index in [1.54, 1.807) is 20.2 Å². The minimum Gasteiger partial charge on any atom is -0.481 e. The van der Waals surface area contributed by atoms with Crippen molar-refractivity contribution in [2.45, 2.75) is 76.4 Å². The van der Waals surface area contributed by atoms with Crippen molar-refractivity contribution in [3.63, 3.8) is 0 Å². The Hall–Kier alpha value is -1.40. The first-order chi connectivity index (χ1) is 12.3. The standard InChI is InChI=1S/C20H35NO5/c1-21(2)19(24)14-12-16(22)11-9-15-10-13-18(23)17(15)7-5-3-4-6-8-20(25)26/h9,11,15-18,22-23H,3-8,10,12-14H2,1-2H3,(H,25,26). The molecule has 1 aliphatic carbocycles. The number of aliphatic hydroxyl groups excluding tert-OH is 2. The van der Waals surface area contributed by atoms with Crippen LogP contribution in [-0.2, 0) is 9.59 Å². The van der Waals surface area contributed by atoms with Crippen LogP contribution in [0.2, 0.25) is 0 Å². The molecular formula is C20H35NO5. The van der Waals surface area contributed by atoms with E-state index in [1.807, 2.05) is 6.08 Å². The maximum atomic E-state index is 11.6. The number of hydrogen-bond acceptors (Lipinski definition) is 4. The second-order valence-corrected chi connectivity index (χ2v) is 7.60. The summed E-state index contributed by atoms with van der Waals surface area (Å²) >= 11 is 0. The van der Waals surface area contributed by atoms with E-state index in [-0.39, 0.29) is 30.3 Å². The van der Waals surface area contributed by atoms with E-state index in [2.05, 4.69) is 0 Å². The highest BCUT2D eigenvalue weighted by atomic mass is 16.4. The molecule has 1 saturated carbocycles. The van der Waals surface area contributed by atoms with Gasteiger partial charge in [0.05, 0.1) is 12.2 Å². The molecule has 1 fully saturated rings. The molecule has 0 spiro atoms. The van der Waals surface area contributed by atoms with Crippen LogP contribution >= 0.6 is 0 Å². The number of allylic oxidation sites excluding steroid dienone is 1. The molecule has 150 valence electrons. The monoisotopic (exact) mass is 369 g/mol. The Morgan fingerprint density at radius 1 is 1.12 bits per heavy atom. The van der Waals surface area contributed by atoms with Crippen molar-refractivity contribution in [2.24, 2.45) is 11.8 Å². The molecule has 4 atom stereocenters. The van der Waals surface area contributed by atoms with Crippen molar-refractivity contribution in [1.29, 1.82) is 0 Å². The number of aliphatic carboxylic acids is 1. The van der Waals surface area contributed by atoms with Gasteiger partial charge in [-0.05, 0) is 43.9 Å². The average molecular weight is 370 g/mol. The first-order valence-electron chi connectivity index (χ1n) is 9.77. The van der Waals surface area contributed by atoms with Gasteiger partial charge in [-0.25, -0.2) is 0 Å². The molecule has 6 heteroatoms. The Balaban J connectivity index is 2.32. The lowest BCUT2D eigenvalue weighted by molar-refractivity contribution is -0.137. The lowest BCUT2D eigenvalue weighted by atomic mass is 9.88. The lowest BCUT2D eigenvalue weighted by Crippen LogP contribution is -2.22. The van der Waals surface area contributed by atoms with Gasteiger partial charge in [0.25, 0.3) is 0 Å². The fourth-order valence-electron chi connectivity index (χ4n) is 3.59. The highest BCUT2D eigenvalue weighted by Crippen LogP contribution is 2.36.